The van der Waals surface area contributed by atoms with E-state index in [9.17, 15) is 14.4 Å². The lowest BCUT2D eigenvalue weighted by molar-refractivity contribution is -0.146. The SMILES string of the molecule is CC(C)c1ccc(COC(=O)Cn2nc(C(N)=O)c3ccccc3c2=O)cc1. The first-order valence-electron chi connectivity index (χ1n) is 8.91. The summed E-state index contributed by atoms with van der Waals surface area (Å²) in [5.41, 5.74) is 6.85. The van der Waals surface area contributed by atoms with Crippen LogP contribution >= 0.6 is 0 Å². The van der Waals surface area contributed by atoms with Crippen LogP contribution < -0.4 is 11.3 Å². The van der Waals surface area contributed by atoms with Gasteiger partial charge in [0.15, 0.2) is 5.69 Å². The Balaban J connectivity index is 1.77. The third-order valence-electron chi connectivity index (χ3n) is 4.43. The zero-order chi connectivity index (χ0) is 20.3. The Morgan fingerprint density at radius 1 is 1.07 bits per heavy atom. The first-order chi connectivity index (χ1) is 13.4. The van der Waals surface area contributed by atoms with Crippen LogP contribution in [-0.2, 0) is 22.7 Å². The minimum absolute atomic E-state index is 0.0627. The molecule has 0 saturated carbocycles. The molecular weight excluding hydrogens is 358 g/mol. The number of hydrogen-bond donors (Lipinski definition) is 1. The maximum Gasteiger partial charge on any atom is 0.328 e. The molecule has 28 heavy (non-hydrogen) atoms. The lowest BCUT2D eigenvalue weighted by Gasteiger charge is -2.10. The largest absolute Gasteiger partial charge is 0.459 e. The second kappa shape index (κ2) is 8.04. The van der Waals surface area contributed by atoms with Gasteiger partial charge >= 0.3 is 5.97 Å². The summed E-state index contributed by atoms with van der Waals surface area (Å²) in [5.74, 6) is -0.987. The summed E-state index contributed by atoms with van der Waals surface area (Å²) in [6, 6.07) is 14.3. The Labute approximate surface area is 161 Å². The zero-order valence-corrected chi connectivity index (χ0v) is 15.7. The number of fused-ring (bicyclic) bond motifs is 1. The van der Waals surface area contributed by atoms with Crippen molar-refractivity contribution in [2.45, 2.75) is 32.9 Å². The van der Waals surface area contributed by atoms with Gasteiger partial charge in [0.1, 0.15) is 13.2 Å². The van der Waals surface area contributed by atoms with E-state index in [1.807, 2.05) is 24.3 Å². The average molecular weight is 379 g/mol. The van der Waals surface area contributed by atoms with Gasteiger partial charge in [0.05, 0.1) is 5.39 Å². The van der Waals surface area contributed by atoms with E-state index in [0.717, 1.165) is 10.2 Å². The second-order valence-corrected chi connectivity index (χ2v) is 6.78. The number of nitrogens with two attached hydrogens (primary N) is 1. The molecule has 1 heterocycles. The van der Waals surface area contributed by atoms with E-state index >= 15 is 0 Å². The Hall–Kier alpha value is -3.48. The third-order valence-corrected chi connectivity index (χ3v) is 4.43. The Kier molecular flexibility index (Phi) is 5.54. The highest BCUT2D eigenvalue weighted by Crippen LogP contribution is 2.15. The average Bonchev–Trinajstić information content (AvgIpc) is 2.68. The van der Waals surface area contributed by atoms with Crippen LogP contribution in [0.3, 0.4) is 0 Å². The normalized spacial score (nSPS) is 11.0. The number of carbonyl (C=O) groups excluding carboxylic acids is 2. The van der Waals surface area contributed by atoms with Crippen LogP contribution in [0.5, 0.6) is 0 Å². The van der Waals surface area contributed by atoms with Crippen molar-refractivity contribution in [2.24, 2.45) is 5.73 Å². The fraction of sp³-hybridized carbons (Fsp3) is 0.238. The molecule has 0 aliphatic heterocycles. The number of aromatic nitrogens is 2. The van der Waals surface area contributed by atoms with Crippen molar-refractivity contribution in [3.63, 3.8) is 0 Å². The lowest BCUT2D eigenvalue weighted by atomic mass is 10.0. The number of benzene rings is 2. The van der Waals surface area contributed by atoms with Gasteiger partial charge in [-0.25, -0.2) is 4.68 Å². The van der Waals surface area contributed by atoms with Crippen LogP contribution in [0.1, 0.15) is 41.4 Å². The van der Waals surface area contributed by atoms with Crippen molar-refractivity contribution in [3.8, 4) is 0 Å². The van der Waals surface area contributed by atoms with Crippen molar-refractivity contribution >= 4 is 22.6 Å². The number of esters is 1. The Bertz CT molecular complexity index is 1080. The molecule has 1 amide bonds. The highest BCUT2D eigenvalue weighted by atomic mass is 16.5. The summed E-state index contributed by atoms with van der Waals surface area (Å²) in [7, 11) is 0. The molecular formula is C21H21N3O4. The quantitative estimate of drug-likeness (QED) is 0.662. The van der Waals surface area contributed by atoms with E-state index in [1.165, 1.54) is 5.56 Å². The molecule has 0 atom stereocenters. The van der Waals surface area contributed by atoms with Crippen molar-refractivity contribution in [1.29, 1.82) is 0 Å². The van der Waals surface area contributed by atoms with Crippen molar-refractivity contribution in [3.05, 3.63) is 75.7 Å². The predicted molar refractivity (Wildman–Crippen MR) is 105 cm³/mol. The summed E-state index contributed by atoms with van der Waals surface area (Å²) in [6.07, 6.45) is 0. The van der Waals surface area contributed by atoms with Crippen LogP contribution in [0.2, 0.25) is 0 Å². The van der Waals surface area contributed by atoms with Gasteiger partial charge < -0.3 is 10.5 Å². The number of amides is 1. The molecule has 2 aromatic carbocycles. The molecule has 0 spiro atoms. The highest BCUT2D eigenvalue weighted by molar-refractivity contribution is 6.04. The van der Waals surface area contributed by atoms with Gasteiger partial charge in [0, 0.05) is 5.39 Å². The molecule has 0 radical (unpaired) electrons. The number of primary amides is 1. The fourth-order valence-corrected chi connectivity index (χ4v) is 2.85. The van der Waals surface area contributed by atoms with E-state index in [4.69, 9.17) is 10.5 Å². The predicted octanol–water partition coefficient (Wildman–Crippen LogP) is 2.36. The molecule has 0 fully saturated rings. The third kappa shape index (κ3) is 4.09. The smallest absolute Gasteiger partial charge is 0.328 e. The monoisotopic (exact) mass is 379 g/mol. The molecule has 0 unspecified atom stereocenters. The van der Waals surface area contributed by atoms with Crippen LogP contribution in [0, 0.1) is 0 Å². The summed E-state index contributed by atoms with van der Waals surface area (Å²) < 4.78 is 6.15. The van der Waals surface area contributed by atoms with E-state index in [1.54, 1.807) is 24.3 Å². The van der Waals surface area contributed by atoms with Crippen molar-refractivity contribution < 1.29 is 14.3 Å². The maximum atomic E-state index is 12.6. The van der Waals surface area contributed by atoms with Gasteiger partial charge in [-0.2, -0.15) is 5.10 Å². The van der Waals surface area contributed by atoms with Gasteiger partial charge in [0.2, 0.25) is 0 Å². The summed E-state index contributed by atoms with van der Waals surface area (Å²) in [4.78, 5) is 36.4. The molecule has 0 bridgehead atoms. The van der Waals surface area contributed by atoms with Crippen LogP contribution in [0.25, 0.3) is 10.8 Å². The van der Waals surface area contributed by atoms with E-state index in [-0.39, 0.29) is 17.7 Å². The van der Waals surface area contributed by atoms with Gasteiger partial charge in [-0.15, -0.1) is 0 Å². The lowest BCUT2D eigenvalue weighted by Crippen LogP contribution is -2.31. The number of ether oxygens (including phenoxy) is 1. The molecule has 3 rings (SSSR count). The minimum Gasteiger partial charge on any atom is -0.459 e. The summed E-state index contributed by atoms with van der Waals surface area (Å²) in [5, 5.41) is 4.58. The van der Waals surface area contributed by atoms with Crippen LogP contribution in [0.4, 0.5) is 0 Å². The standard InChI is InChI=1S/C21H21N3O4/c1-13(2)15-9-7-14(8-10-15)12-28-18(25)11-24-21(27)17-6-4-3-5-16(17)19(23-24)20(22)26/h3-10,13H,11-12H2,1-2H3,(H2,22,26). The second-order valence-electron chi connectivity index (χ2n) is 6.78. The van der Waals surface area contributed by atoms with Gasteiger partial charge in [0.25, 0.3) is 11.5 Å². The van der Waals surface area contributed by atoms with E-state index < -0.39 is 24.0 Å². The molecule has 0 aliphatic carbocycles. The molecule has 1 aromatic heterocycles. The molecule has 7 nitrogen and oxygen atoms in total. The molecule has 0 aliphatic rings. The molecule has 144 valence electrons. The first kappa shape index (κ1) is 19.3. The van der Waals surface area contributed by atoms with E-state index in [2.05, 4.69) is 18.9 Å². The summed E-state index contributed by atoms with van der Waals surface area (Å²) in [6.45, 7) is 3.88. The van der Waals surface area contributed by atoms with Gasteiger partial charge in [-0.3, -0.25) is 14.4 Å². The molecule has 0 saturated heterocycles. The number of hydrogen-bond acceptors (Lipinski definition) is 5. The topological polar surface area (TPSA) is 104 Å². The summed E-state index contributed by atoms with van der Waals surface area (Å²) >= 11 is 0. The molecule has 3 aromatic rings. The van der Waals surface area contributed by atoms with E-state index in [0.29, 0.717) is 11.3 Å². The van der Waals surface area contributed by atoms with Gasteiger partial charge in [-0.05, 0) is 23.1 Å². The zero-order valence-electron chi connectivity index (χ0n) is 15.7. The van der Waals surface area contributed by atoms with Crippen LogP contribution in [-0.4, -0.2) is 21.7 Å². The molecule has 2 N–H and O–H groups in total. The Morgan fingerprint density at radius 2 is 1.71 bits per heavy atom. The van der Waals surface area contributed by atoms with Crippen molar-refractivity contribution in [2.75, 3.05) is 0 Å². The maximum absolute atomic E-state index is 12.6. The fourth-order valence-electron chi connectivity index (χ4n) is 2.85. The minimum atomic E-state index is -0.774. The van der Waals surface area contributed by atoms with Crippen molar-refractivity contribution in [1.82, 2.24) is 9.78 Å². The Morgan fingerprint density at radius 3 is 2.32 bits per heavy atom. The highest BCUT2D eigenvalue weighted by Gasteiger charge is 2.16. The molecule has 7 heteroatoms. The van der Waals surface area contributed by atoms with Gasteiger partial charge in [-0.1, -0.05) is 56.3 Å². The first-order valence-corrected chi connectivity index (χ1v) is 8.91. The number of rotatable bonds is 6. The number of carbonyl (C=O) groups is 2. The van der Waals surface area contributed by atoms with Crippen LogP contribution in [0.15, 0.2) is 53.3 Å². The number of nitrogens with zero attached hydrogens (tertiary/aromatic N) is 2.